The molecule has 0 bridgehead atoms. The molecule has 0 atom stereocenters. The highest BCUT2D eigenvalue weighted by Gasteiger charge is 2.39. The summed E-state index contributed by atoms with van der Waals surface area (Å²) >= 11 is 0. The predicted molar refractivity (Wildman–Crippen MR) is 87.5 cm³/mol. The van der Waals surface area contributed by atoms with Gasteiger partial charge in [0.15, 0.2) is 5.92 Å². The van der Waals surface area contributed by atoms with Crippen LogP contribution in [0.4, 0.5) is 5.69 Å². The molecule has 0 amide bonds. The minimum atomic E-state index is -1.52. The summed E-state index contributed by atoms with van der Waals surface area (Å²) in [4.78, 5) is 35.6. The fourth-order valence-electron chi connectivity index (χ4n) is 1.97. The van der Waals surface area contributed by atoms with E-state index in [-0.39, 0.29) is 11.3 Å². The highest BCUT2D eigenvalue weighted by atomic mass is 16.6. The van der Waals surface area contributed by atoms with E-state index in [2.05, 4.69) is 0 Å². The Kier molecular flexibility index (Phi) is 5.71. The summed E-state index contributed by atoms with van der Waals surface area (Å²) in [6.07, 6.45) is 0. The number of nitro groups is 1. The van der Waals surface area contributed by atoms with E-state index in [1.54, 1.807) is 41.5 Å². The number of hydrogen-bond donors (Lipinski definition) is 0. The van der Waals surface area contributed by atoms with Gasteiger partial charge in [0.2, 0.25) is 0 Å². The van der Waals surface area contributed by atoms with Crippen LogP contribution in [-0.4, -0.2) is 28.1 Å². The molecular formula is C17H23NO6. The molecule has 0 unspecified atom stereocenters. The van der Waals surface area contributed by atoms with Crippen LogP contribution in [0.3, 0.4) is 0 Å². The maximum Gasteiger partial charge on any atom is 0.325 e. The van der Waals surface area contributed by atoms with Crippen molar-refractivity contribution >= 4 is 17.6 Å². The van der Waals surface area contributed by atoms with Gasteiger partial charge in [-0.1, -0.05) is 18.2 Å². The number of carbonyl (C=O) groups excluding carboxylic acids is 2. The van der Waals surface area contributed by atoms with Crippen molar-refractivity contribution in [2.45, 2.75) is 58.7 Å². The third-order valence-corrected chi connectivity index (χ3v) is 2.73. The summed E-state index contributed by atoms with van der Waals surface area (Å²) < 4.78 is 10.5. The molecule has 0 aliphatic heterocycles. The first-order valence-electron chi connectivity index (χ1n) is 7.51. The summed E-state index contributed by atoms with van der Waals surface area (Å²) in [6, 6.07) is 5.57. The maximum atomic E-state index is 12.5. The predicted octanol–water partition coefficient (Wildman–Crippen LogP) is 3.36. The number of nitro benzene ring substituents is 1. The van der Waals surface area contributed by atoms with E-state index in [1.165, 1.54) is 24.3 Å². The zero-order chi connectivity index (χ0) is 18.7. The molecule has 1 aromatic rings. The van der Waals surface area contributed by atoms with Crippen molar-refractivity contribution in [2.24, 2.45) is 0 Å². The van der Waals surface area contributed by atoms with Gasteiger partial charge in [-0.2, -0.15) is 0 Å². The van der Waals surface area contributed by atoms with Crippen molar-refractivity contribution in [3.05, 3.63) is 39.9 Å². The van der Waals surface area contributed by atoms with Gasteiger partial charge in [0, 0.05) is 6.07 Å². The Bertz CT molecular complexity index is 611. The van der Waals surface area contributed by atoms with Crippen LogP contribution in [0.2, 0.25) is 0 Å². The lowest BCUT2D eigenvalue weighted by Gasteiger charge is -2.26. The Morgan fingerprint density at radius 3 is 1.75 bits per heavy atom. The van der Waals surface area contributed by atoms with Gasteiger partial charge >= 0.3 is 11.9 Å². The largest absolute Gasteiger partial charge is 0.459 e. The van der Waals surface area contributed by atoms with Gasteiger partial charge in [0.1, 0.15) is 11.2 Å². The Balaban J connectivity index is 3.36. The van der Waals surface area contributed by atoms with Crippen LogP contribution in [0.15, 0.2) is 24.3 Å². The Hall–Kier alpha value is -2.44. The molecule has 0 saturated heterocycles. The quantitative estimate of drug-likeness (QED) is 0.362. The van der Waals surface area contributed by atoms with E-state index in [9.17, 15) is 19.7 Å². The Morgan fingerprint density at radius 2 is 1.38 bits per heavy atom. The first-order valence-corrected chi connectivity index (χ1v) is 7.51. The minimum Gasteiger partial charge on any atom is -0.459 e. The third kappa shape index (κ3) is 5.64. The average molecular weight is 337 g/mol. The number of hydrogen-bond acceptors (Lipinski definition) is 6. The molecule has 0 fully saturated rings. The average Bonchev–Trinajstić information content (AvgIpc) is 2.34. The van der Waals surface area contributed by atoms with Crippen LogP contribution >= 0.6 is 0 Å². The molecule has 0 aromatic heterocycles. The van der Waals surface area contributed by atoms with Crippen molar-refractivity contribution in [1.29, 1.82) is 0 Å². The van der Waals surface area contributed by atoms with Gasteiger partial charge < -0.3 is 9.47 Å². The van der Waals surface area contributed by atoms with E-state index in [1.807, 2.05) is 0 Å². The molecule has 0 saturated carbocycles. The van der Waals surface area contributed by atoms with E-state index in [0.717, 1.165) is 0 Å². The smallest absolute Gasteiger partial charge is 0.325 e. The summed E-state index contributed by atoms with van der Waals surface area (Å²) in [7, 11) is 0. The summed E-state index contributed by atoms with van der Waals surface area (Å²) in [6.45, 7) is 9.90. The van der Waals surface area contributed by atoms with Crippen molar-refractivity contribution in [1.82, 2.24) is 0 Å². The second-order valence-corrected chi connectivity index (χ2v) is 7.32. The van der Waals surface area contributed by atoms with Crippen LogP contribution < -0.4 is 0 Å². The lowest BCUT2D eigenvalue weighted by Crippen LogP contribution is -2.35. The van der Waals surface area contributed by atoms with Gasteiger partial charge in [-0.05, 0) is 41.5 Å². The molecule has 0 aliphatic carbocycles. The van der Waals surface area contributed by atoms with Crippen LogP contribution in [0, 0.1) is 10.1 Å². The second-order valence-electron chi connectivity index (χ2n) is 7.32. The first kappa shape index (κ1) is 19.6. The van der Waals surface area contributed by atoms with Crippen LogP contribution in [0.5, 0.6) is 0 Å². The Labute approximate surface area is 141 Å². The summed E-state index contributed by atoms with van der Waals surface area (Å²) in [5.74, 6) is -3.29. The molecule has 24 heavy (non-hydrogen) atoms. The van der Waals surface area contributed by atoms with Crippen molar-refractivity contribution in [3.63, 3.8) is 0 Å². The molecule has 0 radical (unpaired) electrons. The van der Waals surface area contributed by atoms with E-state index >= 15 is 0 Å². The minimum absolute atomic E-state index is 0.0500. The molecule has 1 rings (SSSR count). The molecule has 132 valence electrons. The van der Waals surface area contributed by atoms with Crippen molar-refractivity contribution in [3.8, 4) is 0 Å². The zero-order valence-electron chi connectivity index (χ0n) is 14.8. The van der Waals surface area contributed by atoms with E-state index in [0.29, 0.717) is 0 Å². The maximum absolute atomic E-state index is 12.5. The SMILES string of the molecule is CC(C)(C)OC(=O)C(C(=O)OC(C)(C)C)c1ccccc1[N+](=O)[O-]. The Morgan fingerprint density at radius 1 is 0.958 bits per heavy atom. The van der Waals surface area contributed by atoms with Crippen LogP contribution in [0.25, 0.3) is 0 Å². The van der Waals surface area contributed by atoms with E-state index < -0.39 is 34.0 Å². The molecular weight excluding hydrogens is 314 g/mol. The van der Waals surface area contributed by atoms with Gasteiger partial charge in [-0.15, -0.1) is 0 Å². The first-order chi connectivity index (χ1) is 10.8. The highest BCUT2D eigenvalue weighted by Crippen LogP contribution is 2.31. The number of esters is 2. The van der Waals surface area contributed by atoms with Gasteiger partial charge in [-0.25, -0.2) is 0 Å². The zero-order valence-corrected chi connectivity index (χ0v) is 14.8. The molecule has 0 N–H and O–H groups in total. The fourth-order valence-corrected chi connectivity index (χ4v) is 1.97. The molecule has 7 heteroatoms. The van der Waals surface area contributed by atoms with Gasteiger partial charge in [0.05, 0.1) is 10.5 Å². The lowest BCUT2D eigenvalue weighted by molar-refractivity contribution is -0.385. The second kappa shape index (κ2) is 6.98. The molecule has 7 nitrogen and oxygen atoms in total. The van der Waals surface area contributed by atoms with Gasteiger partial charge in [-0.3, -0.25) is 19.7 Å². The number of rotatable bonds is 4. The van der Waals surface area contributed by atoms with Crippen LogP contribution in [0.1, 0.15) is 53.0 Å². The van der Waals surface area contributed by atoms with Gasteiger partial charge in [0.25, 0.3) is 5.69 Å². The fraction of sp³-hybridized carbons (Fsp3) is 0.529. The third-order valence-electron chi connectivity index (χ3n) is 2.73. The topological polar surface area (TPSA) is 95.7 Å². The number of nitrogens with zero attached hydrogens (tertiary/aromatic N) is 1. The number of ether oxygens (including phenoxy) is 2. The number of carbonyl (C=O) groups is 2. The standard InChI is InChI=1S/C17H23NO6/c1-16(2,3)23-14(19)13(15(20)24-17(4,5)6)11-9-7-8-10-12(11)18(21)22/h7-10,13H,1-6H3. The number of para-hydroxylation sites is 1. The molecule has 0 heterocycles. The highest BCUT2D eigenvalue weighted by molar-refractivity contribution is 6.02. The van der Waals surface area contributed by atoms with Crippen molar-refractivity contribution in [2.75, 3.05) is 0 Å². The number of benzene rings is 1. The monoisotopic (exact) mass is 337 g/mol. The molecule has 0 aliphatic rings. The van der Waals surface area contributed by atoms with Crippen molar-refractivity contribution < 1.29 is 24.0 Å². The normalized spacial score (nSPS) is 12.0. The summed E-state index contributed by atoms with van der Waals surface area (Å²) in [5.41, 5.74) is -2.08. The van der Waals surface area contributed by atoms with E-state index in [4.69, 9.17) is 9.47 Å². The van der Waals surface area contributed by atoms with Crippen LogP contribution in [-0.2, 0) is 19.1 Å². The molecule has 0 spiro atoms. The lowest BCUT2D eigenvalue weighted by atomic mass is 9.96. The summed E-state index contributed by atoms with van der Waals surface area (Å²) in [5, 5.41) is 11.2. The molecule has 1 aromatic carbocycles.